The standard InChI is InChI=1S/C11H12N2S2/c12-11-13-8-4-3-7(6-10(8)15-11)9-2-1-5-14-9/h1-2,5,7H,3-4,6H2,(H2,12,13). The summed E-state index contributed by atoms with van der Waals surface area (Å²) in [4.78, 5) is 7.27. The van der Waals surface area contributed by atoms with Crippen molar-refractivity contribution in [1.29, 1.82) is 0 Å². The molecule has 2 heterocycles. The van der Waals surface area contributed by atoms with Crippen LogP contribution in [0.1, 0.15) is 27.8 Å². The van der Waals surface area contributed by atoms with Gasteiger partial charge in [0, 0.05) is 9.75 Å². The Morgan fingerprint density at radius 2 is 2.40 bits per heavy atom. The summed E-state index contributed by atoms with van der Waals surface area (Å²) >= 11 is 3.53. The van der Waals surface area contributed by atoms with Crippen molar-refractivity contribution >= 4 is 27.8 Å². The summed E-state index contributed by atoms with van der Waals surface area (Å²) in [7, 11) is 0. The van der Waals surface area contributed by atoms with Crippen LogP contribution in [0.4, 0.5) is 5.13 Å². The molecule has 4 heteroatoms. The van der Waals surface area contributed by atoms with Gasteiger partial charge in [-0.25, -0.2) is 4.98 Å². The van der Waals surface area contributed by atoms with Crippen LogP contribution in [-0.4, -0.2) is 4.98 Å². The Balaban J connectivity index is 1.89. The van der Waals surface area contributed by atoms with Gasteiger partial charge in [-0.05, 0) is 36.6 Å². The van der Waals surface area contributed by atoms with Gasteiger partial charge in [0.05, 0.1) is 5.69 Å². The molecule has 0 fully saturated rings. The highest BCUT2D eigenvalue weighted by atomic mass is 32.1. The third-order valence-electron chi connectivity index (χ3n) is 2.90. The maximum atomic E-state index is 5.73. The minimum atomic E-state index is 0.692. The number of nitrogen functional groups attached to an aromatic ring is 1. The number of fused-ring (bicyclic) bond motifs is 1. The lowest BCUT2D eigenvalue weighted by Gasteiger charge is -2.19. The second-order valence-corrected chi connectivity index (χ2v) is 5.97. The Morgan fingerprint density at radius 1 is 1.47 bits per heavy atom. The van der Waals surface area contributed by atoms with Crippen LogP contribution in [-0.2, 0) is 12.8 Å². The van der Waals surface area contributed by atoms with Crippen molar-refractivity contribution in [3.05, 3.63) is 33.0 Å². The summed E-state index contributed by atoms with van der Waals surface area (Å²) in [6, 6.07) is 4.38. The van der Waals surface area contributed by atoms with E-state index in [2.05, 4.69) is 22.5 Å². The van der Waals surface area contributed by atoms with Gasteiger partial charge in [-0.2, -0.15) is 0 Å². The van der Waals surface area contributed by atoms with Gasteiger partial charge >= 0.3 is 0 Å². The molecular formula is C11H12N2S2. The van der Waals surface area contributed by atoms with Crippen molar-refractivity contribution in [3.63, 3.8) is 0 Å². The number of aromatic nitrogens is 1. The highest BCUT2D eigenvalue weighted by Crippen LogP contribution is 2.37. The molecule has 0 aliphatic heterocycles. The normalized spacial score (nSPS) is 20.1. The highest BCUT2D eigenvalue weighted by molar-refractivity contribution is 7.15. The molecule has 2 aromatic rings. The molecule has 3 rings (SSSR count). The van der Waals surface area contributed by atoms with Crippen LogP contribution in [0, 0.1) is 0 Å². The lowest BCUT2D eigenvalue weighted by Crippen LogP contribution is -2.10. The Kier molecular flexibility index (Phi) is 2.25. The molecule has 0 radical (unpaired) electrons. The molecule has 0 aromatic carbocycles. The van der Waals surface area contributed by atoms with Gasteiger partial charge in [0.25, 0.3) is 0 Å². The monoisotopic (exact) mass is 236 g/mol. The van der Waals surface area contributed by atoms with Gasteiger partial charge in [-0.15, -0.1) is 22.7 Å². The number of rotatable bonds is 1. The van der Waals surface area contributed by atoms with Crippen molar-refractivity contribution in [2.24, 2.45) is 0 Å². The van der Waals surface area contributed by atoms with Crippen LogP contribution in [0.3, 0.4) is 0 Å². The van der Waals surface area contributed by atoms with E-state index in [1.165, 1.54) is 21.9 Å². The zero-order valence-electron chi connectivity index (χ0n) is 8.27. The van der Waals surface area contributed by atoms with Crippen LogP contribution in [0.5, 0.6) is 0 Å². The zero-order chi connectivity index (χ0) is 10.3. The summed E-state index contributed by atoms with van der Waals surface area (Å²) in [5.74, 6) is 0.692. The van der Waals surface area contributed by atoms with Crippen LogP contribution in [0.2, 0.25) is 0 Å². The third kappa shape index (κ3) is 1.68. The van der Waals surface area contributed by atoms with Crippen LogP contribution in [0.25, 0.3) is 0 Å². The number of thiophene rings is 1. The van der Waals surface area contributed by atoms with Gasteiger partial charge in [0.2, 0.25) is 0 Å². The Labute approximate surface area is 96.8 Å². The number of anilines is 1. The average molecular weight is 236 g/mol. The van der Waals surface area contributed by atoms with Crippen molar-refractivity contribution in [3.8, 4) is 0 Å². The largest absolute Gasteiger partial charge is 0.375 e. The van der Waals surface area contributed by atoms with Crippen LogP contribution < -0.4 is 5.73 Å². The summed E-state index contributed by atoms with van der Waals surface area (Å²) in [5.41, 5.74) is 6.97. The Bertz CT molecular complexity index is 459. The van der Waals surface area contributed by atoms with Crippen molar-refractivity contribution in [2.75, 3.05) is 5.73 Å². The fourth-order valence-electron chi connectivity index (χ4n) is 2.16. The first-order chi connectivity index (χ1) is 7.33. The quantitative estimate of drug-likeness (QED) is 0.826. The average Bonchev–Trinajstić information content (AvgIpc) is 2.82. The van der Waals surface area contributed by atoms with Crippen molar-refractivity contribution in [1.82, 2.24) is 4.98 Å². The van der Waals surface area contributed by atoms with Gasteiger partial charge in [-0.3, -0.25) is 0 Å². The first-order valence-corrected chi connectivity index (χ1v) is 6.80. The maximum Gasteiger partial charge on any atom is 0.180 e. The van der Waals surface area contributed by atoms with E-state index in [0.29, 0.717) is 5.92 Å². The summed E-state index contributed by atoms with van der Waals surface area (Å²) in [6.07, 6.45) is 3.44. The van der Waals surface area contributed by atoms with Gasteiger partial charge in [0.1, 0.15) is 0 Å². The molecule has 1 unspecified atom stereocenters. The fourth-order valence-corrected chi connectivity index (χ4v) is 3.98. The molecule has 2 aromatic heterocycles. The number of thiazole rings is 1. The molecule has 0 saturated carbocycles. The van der Waals surface area contributed by atoms with E-state index in [0.717, 1.165) is 18.0 Å². The molecular weight excluding hydrogens is 224 g/mol. The van der Waals surface area contributed by atoms with Gasteiger partial charge in [-0.1, -0.05) is 6.07 Å². The second kappa shape index (κ2) is 3.61. The van der Waals surface area contributed by atoms with E-state index in [1.54, 1.807) is 11.3 Å². The molecule has 0 amide bonds. The first kappa shape index (κ1) is 9.36. The molecule has 0 saturated heterocycles. The topological polar surface area (TPSA) is 38.9 Å². The molecule has 1 aliphatic carbocycles. The predicted octanol–water partition coefficient (Wildman–Crippen LogP) is 3.06. The van der Waals surface area contributed by atoms with E-state index in [9.17, 15) is 0 Å². The summed E-state index contributed by atoms with van der Waals surface area (Å²) in [6.45, 7) is 0. The SMILES string of the molecule is Nc1nc2c(s1)CC(c1cccs1)CC2. The van der Waals surface area contributed by atoms with Crippen LogP contribution in [0.15, 0.2) is 17.5 Å². The number of nitrogens with two attached hydrogens (primary N) is 1. The van der Waals surface area contributed by atoms with E-state index in [1.807, 2.05) is 11.3 Å². The first-order valence-electron chi connectivity index (χ1n) is 5.10. The Hall–Kier alpha value is -0.870. The van der Waals surface area contributed by atoms with Gasteiger partial charge in [0.15, 0.2) is 5.13 Å². The predicted molar refractivity (Wildman–Crippen MR) is 65.6 cm³/mol. The second-order valence-electron chi connectivity index (χ2n) is 3.88. The molecule has 0 bridgehead atoms. The van der Waals surface area contributed by atoms with Crippen molar-refractivity contribution < 1.29 is 0 Å². The number of hydrogen-bond acceptors (Lipinski definition) is 4. The Morgan fingerprint density at radius 3 is 3.20 bits per heavy atom. The molecule has 2 N–H and O–H groups in total. The van der Waals surface area contributed by atoms with E-state index in [-0.39, 0.29) is 0 Å². The molecule has 1 aliphatic rings. The molecule has 78 valence electrons. The molecule has 2 nitrogen and oxygen atoms in total. The molecule has 1 atom stereocenters. The molecule has 0 spiro atoms. The smallest absolute Gasteiger partial charge is 0.180 e. The fraction of sp³-hybridized carbons (Fsp3) is 0.364. The summed E-state index contributed by atoms with van der Waals surface area (Å²) < 4.78 is 0. The van der Waals surface area contributed by atoms with Crippen LogP contribution >= 0.6 is 22.7 Å². The third-order valence-corrected chi connectivity index (χ3v) is 4.89. The number of aryl methyl sites for hydroxylation is 1. The van der Waals surface area contributed by atoms with Gasteiger partial charge < -0.3 is 5.73 Å². The number of nitrogens with zero attached hydrogens (tertiary/aromatic N) is 1. The number of hydrogen-bond donors (Lipinski definition) is 1. The van der Waals surface area contributed by atoms with Crippen molar-refractivity contribution in [2.45, 2.75) is 25.2 Å². The lowest BCUT2D eigenvalue weighted by molar-refractivity contribution is 0.593. The lowest BCUT2D eigenvalue weighted by atomic mass is 9.90. The van der Waals surface area contributed by atoms with E-state index >= 15 is 0 Å². The van der Waals surface area contributed by atoms with E-state index in [4.69, 9.17) is 5.73 Å². The highest BCUT2D eigenvalue weighted by Gasteiger charge is 2.23. The maximum absolute atomic E-state index is 5.73. The van der Waals surface area contributed by atoms with E-state index < -0.39 is 0 Å². The zero-order valence-corrected chi connectivity index (χ0v) is 9.90. The minimum Gasteiger partial charge on any atom is -0.375 e. The minimum absolute atomic E-state index is 0.692. The summed E-state index contributed by atoms with van der Waals surface area (Å²) in [5, 5.41) is 2.89. The molecule has 15 heavy (non-hydrogen) atoms.